The fourth-order valence-electron chi connectivity index (χ4n) is 7.02. The first-order valence-electron chi connectivity index (χ1n) is 18.6. The van der Waals surface area contributed by atoms with Gasteiger partial charge in [-0.15, -0.1) is 0 Å². The summed E-state index contributed by atoms with van der Waals surface area (Å²) in [5.41, 5.74) is -0.941. The summed E-state index contributed by atoms with van der Waals surface area (Å²) >= 11 is 6.78. The molecule has 1 aromatic heterocycles. The molecule has 14 nitrogen and oxygen atoms in total. The molecule has 4 heterocycles. The predicted octanol–water partition coefficient (Wildman–Crippen LogP) is 5.74. The topological polar surface area (TPSA) is 169 Å². The first kappa shape index (κ1) is 44.3. The SMILES string of the molecule is COc1cc2cc(c1Cl)N(C)C(=O)CC(OC(=O)C(C)N(C)C(=O)CCSSc1ccccn1)C1(C)OC1C(C)C1CC(O)(NC(=O)O1)C(OC)/C=C/C=C(\C)C2. The van der Waals surface area contributed by atoms with Crippen molar-refractivity contribution in [3.8, 4) is 5.75 Å². The summed E-state index contributed by atoms with van der Waals surface area (Å²) in [6, 6.07) is 8.19. The van der Waals surface area contributed by atoms with Crippen molar-refractivity contribution in [3.05, 3.63) is 70.9 Å². The molecular formula is C40H51ClN4O10S2. The van der Waals surface area contributed by atoms with Crippen LogP contribution in [-0.4, -0.2) is 115 Å². The number of benzene rings is 1. The van der Waals surface area contributed by atoms with E-state index in [0.717, 1.165) is 16.2 Å². The zero-order valence-electron chi connectivity index (χ0n) is 33.4. The molecule has 2 fully saturated rings. The summed E-state index contributed by atoms with van der Waals surface area (Å²) in [7, 11) is 8.97. The third-order valence-corrected chi connectivity index (χ3v) is 13.4. The van der Waals surface area contributed by atoms with Crippen LogP contribution in [0.3, 0.4) is 0 Å². The van der Waals surface area contributed by atoms with Gasteiger partial charge in [0, 0.05) is 51.9 Å². The first-order valence-corrected chi connectivity index (χ1v) is 21.3. The van der Waals surface area contributed by atoms with E-state index in [-0.39, 0.29) is 30.2 Å². The highest BCUT2D eigenvalue weighted by molar-refractivity contribution is 8.76. The van der Waals surface area contributed by atoms with E-state index < -0.39 is 65.7 Å². The van der Waals surface area contributed by atoms with Gasteiger partial charge in [-0.25, -0.2) is 14.6 Å². The zero-order valence-corrected chi connectivity index (χ0v) is 35.7. The number of fused-ring (bicyclic) bond motifs is 5. The summed E-state index contributed by atoms with van der Waals surface area (Å²) in [4.78, 5) is 61.1. The number of carbonyl (C=O) groups is 4. The van der Waals surface area contributed by atoms with Crippen molar-refractivity contribution >= 4 is 62.8 Å². The molecule has 1 aromatic carbocycles. The summed E-state index contributed by atoms with van der Waals surface area (Å²) in [5, 5.41) is 15.3. The van der Waals surface area contributed by atoms with Gasteiger partial charge >= 0.3 is 12.1 Å². The summed E-state index contributed by atoms with van der Waals surface area (Å²) < 4.78 is 29.3. The van der Waals surface area contributed by atoms with Crippen molar-refractivity contribution in [1.29, 1.82) is 0 Å². The number of rotatable bonds is 10. The van der Waals surface area contributed by atoms with Gasteiger partial charge in [0.2, 0.25) is 11.8 Å². The second kappa shape index (κ2) is 18.9. The number of methoxy groups -OCH3 is 2. The zero-order chi connectivity index (χ0) is 41.7. The highest BCUT2D eigenvalue weighted by atomic mass is 35.5. The maximum absolute atomic E-state index is 14.2. The van der Waals surface area contributed by atoms with Crippen LogP contribution < -0.4 is 15.0 Å². The van der Waals surface area contributed by atoms with Gasteiger partial charge in [-0.3, -0.25) is 14.9 Å². The number of aromatic nitrogens is 1. The fraction of sp³-hybridized carbons (Fsp3) is 0.525. The van der Waals surface area contributed by atoms with Crippen molar-refractivity contribution in [2.24, 2.45) is 5.92 Å². The van der Waals surface area contributed by atoms with Crippen LogP contribution >= 0.6 is 33.2 Å². The Morgan fingerprint density at radius 2 is 2.00 bits per heavy atom. The second-order valence-electron chi connectivity index (χ2n) is 14.7. The largest absolute Gasteiger partial charge is 0.495 e. The van der Waals surface area contributed by atoms with E-state index in [1.54, 1.807) is 58.3 Å². The monoisotopic (exact) mass is 846 g/mol. The number of alkyl carbamates (subject to hydrolysis) is 1. The fourth-order valence-corrected chi connectivity index (χ4v) is 9.19. The minimum atomic E-state index is -1.83. The standard InChI is InChI=1S/C40H51ClN4O10S2/c1-23-12-11-13-30(52-8)40(50)22-29(53-38(49)43-40)24(2)36-39(4,55-36)31(21-34(47)45(6)27-19-26(18-23)20-28(51-7)35(27)41)54-37(48)25(3)44(5)33(46)15-17-56-57-32-14-9-10-16-42-32/h9-14,16,19-20,24-25,29-31,36,50H,15,17-18,21-22H2,1-8H3,(H,43,49)/b13-11+,23-12+. The number of amides is 3. The molecule has 310 valence electrons. The molecule has 2 saturated heterocycles. The molecule has 3 aliphatic rings. The average molecular weight is 847 g/mol. The van der Waals surface area contributed by atoms with E-state index in [1.807, 2.05) is 31.2 Å². The van der Waals surface area contributed by atoms with Crippen LogP contribution in [0, 0.1) is 5.92 Å². The molecule has 0 aliphatic carbocycles. The van der Waals surface area contributed by atoms with Gasteiger partial charge in [0.05, 0.1) is 25.3 Å². The Morgan fingerprint density at radius 3 is 2.68 bits per heavy atom. The number of pyridine rings is 1. The van der Waals surface area contributed by atoms with E-state index >= 15 is 0 Å². The number of nitrogens with one attached hydrogen (secondary N) is 1. The third-order valence-electron chi connectivity index (χ3n) is 10.7. The van der Waals surface area contributed by atoms with Crippen LogP contribution in [0.2, 0.25) is 5.02 Å². The summed E-state index contributed by atoms with van der Waals surface area (Å²) in [6.45, 7) is 7.01. The molecule has 2 N–H and O–H groups in total. The van der Waals surface area contributed by atoms with E-state index in [1.165, 1.54) is 52.7 Å². The van der Waals surface area contributed by atoms with Crippen molar-refractivity contribution in [3.63, 3.8) is 0 Å². The van der Waals surface area contributed by atoms with Crippen LogP contribution in [0.25, 0.3) is 0 Å². The average Bonchev–Trinajstić information content (AvgIpc) is 3.88. The number of aliphatic hydroxyl groups is 1. The minimum absolute atomic E-state index is 0.0553. The lowest BCUT2D eigenvalue weighted by atomic mass is 9.83. The van der Waals surface area contributed by atoms with Gasteiger partial charge in [-0.05, 0) is 67.8 Å². The highest BCUT2D eigenvalue weighted by Gasteiger charge is 2.64. The Kier molecular flexibility index (Phi) is 14.7. The molecule has 5 rings (SSSR count). The van der Waals surface area contributed by atoms with E-state index in [2.05, 4.69) is 10.3 Å². The van der Waals surface area contributed by atoms with Crippen LogP contribution in [0.1, 0.15) is 52.5 Å². The molecule has 17 heteroatoms. The molecule has 57 heavy (non-hydrogen) atoms. The molecule has 3 aliphatic heterocycles. The number of carbonyl (C=O) groups excluding carboxylic acids is 4. The molecule has 8 unspecified atom stereocenters. The van der Waals surface area contributed by atoms with E-state index in [4.69, 9.17) is 35.3 Å². The predicted molar refractivity (Wildman–Crippen MR) is 218 cm³/mol. The number of halogens is 1. The van der Waals surface area contributed by atoms with E-state index in [9.17, 15) is 24.3 Å². The van der Waals surface area contributed by atoms with Crippen molar-refractivity contribution < 1.29 is 48.0 Å². The number of esters is 1. The van der Waals surface area contributed by atoms with Gasteiger partial charge in [0.1, 0.15) is 45.8 Å². The Balaban J connectivity index is 1.43. The molecule has 2 aromatic rings. The molecular weight excluding hydrogens is 796 g/mol. The van der Waals surface area contributed by atoms with Crippen LogP contribution in [-0.2, 0) is 39.8 Å². The Labute approximate surface area is 346 Å². The van der Waals surface area contributed by atoms with Crippen molar-refractivity contribution in [2.75, 3.05) is 39.0 Å². The lowest BCUT2D eigenvalue weighted by molar-refractivity contribution is -0.162. The quantitative estimate of drug-likeness (QED) is 0.129. The second-order valence-corrected chi connectivity index (χ2v) is 17.5. The van der Waals surface area contributed by atoms with Gasteiger partial charge in [0.25, 0.3) is 0 Å². The minimum Gasteiger partial charge on any atom is -0.495 e. The van der Waals surface area contributed by atoms with Gasteiger partial charge < -0.3 is 38.6 Å². The smallest absolute Gasteiger partial charge is 0.409 e. The Hall–Kier alpha value is -3.80. The first-order chi connectivity index (χ1) is 27.0. The van der Waals surface area contributed by atoms with Crippen molar-refractivity contribution in [1.82, 2.24) is 15.2 Å². The number of likely N-dealkylation sites (N-methyl/N-ethyl adjacent to an activating group) is 1. The number of allylic oxidation sites excluding steroid dienone is 3. The molecule has 3 amide bonds. The number of anilines is 1. The molecule has 0 radical (unpaired) electrons. The number of hydrogen-bond acceptors (Lipinski definition) is 13. The van der Waals surface area contributed by atoms with Crippen LogP contribution in [0.5, 0.6) is 5.75 Å². The molecule has 4 bridgehead atoms. The van der Waals surface area contributed by atoms with Gasteiger partial charge in [-0.2, -0.15) is 0 Å². The van der Waals surface area contributed by atoms with E-state index in [0.29, 0.717) is 23.6 Å². The lowest BCUT2D eigenvalue weighted by Crippen LogP contribution is -2.63. The number of ether oxygens (including phenoxy) is 5. The molecule has 0 saturated carbocycles. The van der Waals surface area contributed by atoms with Crippen LogP contribution in [0.4, 0.5) is 10.5 Å². The van der Waals surface area contributed by atoms with Crippen LogP contribution in [0.15, 0.2) is 65.4 Å². The molecule has 0 spiro atoms. The van der Waals surface area contributed by atoms with Crippen molar-refractivity contribution in [2.45, 2.75) is 100 Å². The number of hydrogen-bond donors (Lipinski definition) is 2. The number of nitrogens with zero attached hydrogens (tertiary/aromatic N) is 3. The normalized spacial score (nSPS) is 29.8. The summed E-state index contributed by atoms with van der Waals surface area (Å²) in [6.07, 6.45) is 2.76. The summed E-state index contributed by atoms with van der Waals surface area (Å²) in [5.74, 6) is -1.11. The Morgan fingerprint density at radius 1 is 1.25 bits per heavy atom. The van der Waals surface area contributed by atoms with Gasteiger partial charge in [-0.1, -0.05) is 59.2 Å². The lowest BCUT2D eigenvalue weighted by Gasteiger charge is -2.42. The Bertz CT molecular complexity index is 1870. The maximum Gasteiger partial charge on any atom is 0.409 e. The maximum atomic E-state index is 14.2. The third kappa shape index (κ3) is 10.4. The molecule has 8 atom stereocenters. The number of epoxide rings is 1. The highest BCUT2D eigenvalue weighted by Crippen LogP contribution is 2.49. The van der Waals surface area contributed by atoms with Gasteiger partial charge in [0.15, 0.2) is 5.72 Å².